The highest BCUT2D eigenvalue weighted by atomic mass is 16.6. The van der Waals surface area contributed by atoms with Gasteiger partial charge in [0.2, 0.25) is 0 Å². The monoisotopic (exact) mass is 353 g/mol. The Balaban J connectivity index is 2.04. The van der Waals surface area contributed by atoms with Gasteiger partial charge in [0.1, 0.15) is 18.3 Å². The summed E-state index contributed by atoms with van der Waals surface area (Å²) in [5, 5.41) is 0. The van der Waals surface area contributed by atoms with Gasteiger partial charge in [0.25, 0.3) is 5.91 Å². The molecule has 2 amide bonds. The molecule has 1 aliphatic rings. The average Bonchev–Trinajstić information content (AvgIpc) is 2.61. The summed E-state index contributed by atoms with van der Waals surface area (Å²) >= 11 is 0. The van der Waals surface area contributed by atoms with Gasteiger partial charge >= 0.3 is 6.09 Å². The molecule has 136 valence electrons. The zero-order valence-corrected chi connectivity index (χ0v) is 15.2. The second kappa shape index (κ2) is 7.30. The van der Waals surface area contributed by atoms with Gasteiger partial charge < -0.3 is 9.47 Å². The highest BCUT2D eigenvalue weighted by Crippen LogP contribution is 2.40. The molecule has 0 aliphatic carbocycles. The number of morpholine rings is 1. The molecule has 0 saturated carbocycles. The summed E-state index contributed by atoms with van der Waals surface area (Å²) in [6, 6.07) is 18.4. The number of carbonyl (C=O) groups is 2. The van der Waals surface area contributed by atoms with Crippen molar-refractivity contribution < 1.29 is 19.1 Å². The number of carbonyl (C=O) groups excluding carboxylic acids is 2. The maximum Gasteiger partial charge on any atom is 0.417 e. The van der Waals surface area contributed by atoms with E-state index in [1.165, 1.54) is 4.90 Å². The summed E-state index contributed by atoms with van der Waals surface area (Å²) in [7, 11) is 0. The predicted octanol–water partition coefficient (Wildman–Crippen LogP) is 4.26. The van der Waals surface area contributed by atoms with Gasteiger partial charge in [-0.25, -0.2) is 9.69 Å². The molecule has 5 nitrogen and oxygen atoms in total. The number of benzene rings is 2. The van der Waals surface area contributed by atoms with Crippen molar-refractivity contribution in [1.29, 1.82) is 0 Å². The summed E-state index contributed by atoms with van der Waals surface area (Å²) in [6.45, 7) is 5.17. The SMILES string of the molecule is CC(C)(C)OC(=O)N1C(=O)COC(c2ccccc2)C1c1ccccc1. The van der Waals surface area contributed by atoms with Crippen LogP contribution >= 0.6 is 0 Å². The Labute approximate surface area is 153 Å². The molecule has 1 saturated heterocycles. The van der Waals surface area contributed by atoms with E-state index in [0.29, 0.717) is 0 Å². The second-order valence-corrected chi connectivity index (χ2v) is 7.24. The van der Waals surface area contributed by atoms with E-state index in [4.69, 9.17) is 9.47 Å². The summed E-state index contributed by atoms with van der Waals surface area (Å²) in [4.78, 5) is 26.6. The van der Waals surface area contributed by atoms with Crippen molar-refractivity contribution in [2.45, 2.75) is 38.5 Å². The summed E-state index contributed by atoms with van der Waals surface area (Å²) in [5.74, 6) is -0.403. The van der Waals surface area contributed by atoms with Crippen molar-refractivity contribution in [2.75, 3.05) is 6.61 Å². The van der Waals surface area contributed by atoms with Crippen LogP contribution in [0.4, 0.5) is 4.79 Å². The number of imide groups is 1. The fraction of sp³-hybridized carbons (Fsp3) is 0.333. The van der Waals surface area contributed by atoms with E-state index in [-0.39, 0.29) is 6.61 Å². The van der Waals surface area contributed by atoms with Crippen molar-refractivity contribution in [3.63, 3.8) is 0 Å². The Hall–Kier alpha value is -2.66. The first-order valence-corrected chi connectivity index (χ1v) is 8.63. The van der Waals surface area contributed by atoms with Gasteiger partial charge in [-0.15, -0.1) is 0 Å². The third kappa shape index (κ3) is 3.94. The quantitative estimate of drug-likeness (QED) is 0.809. The highest BCUT2D eigenvalue weighted by molar-refractivity contribution is 5.94. The first kappa shape index (κ1) is 18.1. The van der Waals surface area contributed by atoms with Gasteiger partial charge in [-0.3, -0.25) is 4.79 Å². The van der Waals surface area contributed by atoms with Crippen LogP contribution in [0.25, 0.3) is 0 Å². The Morgan fingerprint density at radius 2 is 1.54 bits per heavy atom. The fourth-order valence-corrected chi connectivity index (χ4v) is 3.03. The van der Waals surface area contributed by atoms with Crippen LogP contribution in [0.3, 0.4) is 0 Å². The number of rotatable bonds is 2. The number of nitrogens with zero attached hydrogens (tertiary/aromatic N) is 1. The number of hydrogen-bond acceptors (Lipinski definition) is 4. The van der Waals surface area contributed by atoms with E-state index in [1.54, 1.807) is 20.8 Å². The Bertz CT molecular complexity index is 768. The molecule has 0 bridgehead atoms. The highest BCUT2D eigenvalue weighted by Gasteiger charge is 2.43. The van der Waals surface area contributed by atoms with Crippen molar-refractivity contribution in [3.8, 4) is 0 Å². The molecule has 2 atom stereocenters. The normalized spacial score (nSPS) is 20.7. The average molecular weight is 353 g/mol. The molecule has 1 fully saturated rings. The lowest BCUT2D eigenvalue weighted by atomic mass is 9.93. The lowest BCUT2D eigenvalue weighted by molar-refractivity contribution is -0.156. The van der Waals surface area contributed by atoms with E-state index < -0.39 is 29.7 Å². The fourth-order valence-electron chi connectivity index (χ4n) is 3.03. The second-order valence-electron chi connectivity index (χ2n) is 7.24. The minimum atomic E-state index is -0.695. The van der Waals surface area contributed by atoms with Crippen LogP contribution in [0.2, 0.25) is 0 Å². The number of hydrogen-bond donors (Lipinski definition) is 0. The van der Waals surface area contributed by atoms with E-state index in [1.807, 2.05) is 60.7 Å². The number of ether oxygens (including phenoxy) is 2. The van der Waals surface area contributed by atoms with Crippen molar-refractivity contribution in [1.82, 2.24) is 4.90 Å². The van der Waals surface area contributed by atoms with E-state index in [2.05, 4.69) is 0 Å². The van der Waals surface area contributed by atoms with Crippen LogP contribution in [-0.2, 0) is 14.3 Å². The molecular weight excluding hydrogens is 330 g/mol. The van der Waals surface area contributed by atoms with Crippen LogP contribution in [0.5, 0.6) is 0 Å². The Kier molecular flexibility index (Phi) is 5.09. The Morgan fingerprint density at radius 3 is 2.08 bits per heavy atom. The lowest BCUT2D eigenvalue weighted by Gasteiger charge is -2.40. The van der Waals surface area contributed by atoms with Gasteiger partial charge in [0.15, 0.2) is 0 Å². The van der Waals surface area contributed by atoms with Gasteiger partial charge in [-0.2, -0.15) is 0 Å². The van der Waals surface area contributed by atoms with Crippen LogP contribution in [0.15, 0.2) is 60.7 Å². The molecule has 1 heterocycles. The van der Waals surface area contributed by atoms with Crippen LogP contribution < -0.4 is 0 Å². The van der Waals surface area contributed by atoms with Crippen molar-refractivity contribution >= 4 is 12.0 Å². The molecule has 2 aromatic carbocycles. The molecule has 1 aliphatic heterocycles. The Morgan fingerprint density at radius 1 is 1.00 bits per heavy atom. The lowest BCUT2D eigenvalue weighted by Crippen LogP contribution is -2.50. The molecule has 2 aromatic rings. The molecule has 2 unspecified atom stereocenters. The molecule has 0 aromatic heterocycles. The predicted molar refractivity (Wildman–Crippen MR) is 97.4 cm³/mol. The first-order chi connectivity index (χ1) is 12.4. The molecule has 0 radical (unpaired) electrons. The molecule has 26 heavy (non-hydrogen) atoms. The summed E-state index contributed by atoms with van der Waals surface area (Å²) in [6.07, 6.45) is -1.11. The maximum atomic E-state index is 12.8. The standard InChI is InChI=1S/C21H23NO4/c1-21(2,3)26-20(24)22-17(23)14-25-19(16-12-8-5-9-13-16)18(22)15-10-6-4-7-11-15/h4-13,18-19H,14H2,1-3H3. The minimum absolute atomic E-state index is 0.165. The van der Waals surface area contributed by atoms with Crippen LogP contribution in [0, 0.1) is 0 Å². The van der Waals surface area contributed by atoms with Crippen LogP contribution in [-0.4, -0.2) is 29.1 Å². The summed E-state index contributed by atoms with van der Waals surface area (Å²) < 4.78 is 11.3. The van der Waals surface area contributed by atoms with E-state index in [0.717, 1.165) is 11.1 Å². The third-order valence-electron chi connectivity index (χ3n) is 4.08. The largest absolute Gasteiger partial charge is 0.443 e. The van der Waals surface area contributed by atoms with Gasteiger partial charge in [-0.05, 0) is 31.9 Å². The molecule has 5 heteroatoms. The zero-order valence-electron chi connectivity index (χ0n) is 15.2. The van der Waals surface area contributed by atoms with Gasteiger partial charge in [0.05, 0.1) is 6.04 Å². The molecule has 3 rings (SSSR count). The maximum absolute atomic E-state index is 12.8. The van der Waals surface area contributed by atoms with Gasteiger partial charge in [0, 0.05) is 0 Å². The number of amides is 2. The van der Waals surface area contributed by atoms with Crippen molar-refractivity contribution in [2.24, 2.45) is 0 Å². The molecule has 0 spiro atoms. The molecule has 0 N–H and O–H groups in total. The zero-order chi connectivity index (χ0) is 18.7. The van der Waals surface area contributed by atoms with E-state index in [9.17, 15) is 9.59 Å². The summed E-state index contributed by atoms with van der Waals surface area (Å²) in [5.41, 5.74) is 1.03. The first-order valence-electron chi connectivity index (χ1n) is 8.63. The van der Waals surface area contributed by atoms with Crippen molar-refractivity contribution in [3.05, 3.63) is 71.8 Å². The topological polar surface area (TPSA) is 55.8 Å². The van der Waals surface area contributed by atoms with Gasteiger partial charge in [-0.1, -0.05) is 60.7 Å². The van der Waals surface area contributed by atoms with E-state index >= 15 is 0 Å². The molecular formula is C21H23NO4. The smallest absolute Gasteiger partial charge is 0.417 e. The minimum Gasteiger partial charge on any atom is -0.443 e. The van der Waals surface area contributed by atoms with Crippen LogP contribution in [0.1, 0.15) is 44.0 Å². The third-order valence-corrected chi connectivity index (χ3v) is 4.08.